The second kappa shape index (κ2) is 157. The van der Waals surface area contributed by atoms with E-state index in [4.69, 9.17) is 6.80 Å². The van der Waals surface area contributed by atoms with Gasteiger partial charge in [0, 0.05) is 0 Å². The van der Waals surface area contributed by atoms with Gasteiger partial charge in [-0.2, -0.15) is 0 Å². The van der Waals surface area contributed by atoms with E-state index in [-0.39, 0.29) is 27.0 Å². The molecule has 0 aliphatic carbocycles. The van der Waals surface area contributed by atoms with Crippen LogP contribution >= 0.6 is 0 Å². The maximum absolute atomic E-state index is 8.26. The van der Waals surface area contributed by atoms with Crippen molar-refractivity contribution in [2.24, 2.45) is 0 Å². The van der Waals surface area contributed by atoms with Crippen molar-refractivity contribution in [3.63, 3.8) is 0 Å². The van der Waals surface area contributed by atoms with Crippen LogP contribution in [0.3, 0.4) is 0 Å². The number of hydrogen-bond acceptors (Lipinski definition) is 8. The van der Waals surface area contributed by atoms with Crippen molar-refractivity contribution in [1.82, 2.24) is 0 Å². The molecule has 0 aliphatic heterocycles. The van der Waals surface area contributed by atoms with Gasteiger partial charge in [0.2, 0.25) is 0 Å². The van der Waals surface area contributed by atoms with Gasteiger partial charge in [-0.05, 0) is 0 Å². The summed E-state index contributed by atoms with van der Waals surface area (Å²) in [5.74, 6) is 0. The molecule has 10 heteroatoms. The predicted octanol–water partition coefficient (Wildman–Crippen LogP) is -0.792. The third-order valence-electron chi connectivity index (χ3n) is 0. The molecule has 0 aromatic carbocycles. The van der Waals surface area contributed by atoms with Crippen molar-refractivity contribution >= 4 is 73.6 Å². The van der Waals surface area contributed by atoms with Crippen molar-refractivity contribution in [2.75, 3.05) is 0 Å². The molecular formula is H2Mo2O2S6-2. The van der Waals surface area contributed by atoms with Gasteiger partial charge < -0.3 is 73.6 Å². The minimum absolute atomic E-state index is 0. The van der Waals surface area contributed by atoms with Gasteiger partial charge in [0.05, 0.1) is 0 Å². The Hall–Kier alpha value is 3.08. The van der Waals surface area contributed by atoms with Crippen LogP contribution < -0.4 is 0 Å². The second-order valence-corrected chi connectivity index (χ2v) is 0. The van der Waals surface area contributed by atoms with Crippen LogP contribution in [0.2, 0.25) is 0 Å². The quantitative estimate of drug-likeness (QED) is 0.219. The van der Waals surface area contributed by atoms with Gasteiger partial charge in [-0.1, -0.05) is 0 Å². The first-order chi connectivity index (χ1) is 4.00. The molecule has 0 saturated carbocycles. The van der Waals surface area contributed by atoms with Gasteiger partial charge in [-0.25, -0.2) is 0 Å². The molecular weight excluding hydrogens is 416 g/mol. The van der Waals surface area contributed by atoms with Crippen LogP contribution in [0.25, 0.3) is 0 Å². The van der Waals surface area contributed by atoms with Crippen LogP contribution in [-0.2, 0) is 120 Å². The molecule has 0 aromatic heterocycles. The zero-order valence-electron chi connectivity index (χ0n) is 4.16. The molecule has 0 N–H and O–H groups in total. The fourth-order valence-electron chi connectivity index (χ4n) is 0. The molecule has 0 fully saturated rings. The Kier molecular flexibility index (Phi) is 596. The molecule has 10 heavy (non-hydrogen) atoms. The molecule has 0 amide bonds. The van der Waals surface area contributed by atoms with E-state index >= 15 is 0 Å². The molecule has 0 bridgehead atoms. The molecule has 2 nitrogen and oxygen atoms in total. The largest absolute Gasteiger partial charge is 1.00 e. The molecule has 0 saturated heterocycles. The van der Waals surface area contributed by atoms with E-state index in [0.29, 0.717) is 39.6 Å². The molecule has 0 unspecified atom stereocenters. The van der Waals surface area contributed by atoms with Gasteiger partial charge in [-0.3, -0.25) is 0 Å². The standard InChI is InChI=1S/2Mo.2O.2S2.2H2S/c;;;;2*1-2;;/h;;;;;;2*1H2/q;+4;;;2*-2;;/p-2. The summed E-state index contributed by atoms with van der Waals surface area (Å²) in [7, 11) is 0. The van der Waals surface area contributed by atoms with Crippen LogP contribution in [0.1, 0.15) is 0 Å². The van der Waals surface area contributed by atoms with Crippen LogP contribution in [-0.4, -0.2) is 0 Å². The first-order valence-corrected chi connectivity index (χ1v) is 4.97. The fourth-order valence-corrected chi connectivity index (χ4v) is 0. The molecule has 0 spiro atoms. The van der Waals surface area contributed by atoms with Gasteiger partial charge >= 0.3 is 46.3 Å². The number of hydrogen-bond donors (Lipinski definition) is 0. The maximum Gasteiger partial charge on any atom is -0.813 e. The first-order valence-electron chi connectivity index (χ1n) is 0.667. The Bertz CT molecular complexity index is 15.7. The summed E-state index contributed by atoms with van der Waals surface area (Å²) in [5, 5.41) is 0. The average Bonchev–Trinajstić information content (AvgIpc) is 2.03. The van der Waals surface area contributed by atoms with E-state index < -0.39 is 0 Å². The third kappa shape index (κ3) is 119. The molecule has 64 valence electrons. The number of rotatable bonds is 0. The topological polar surface area (TPSA) is 34.1 Å². The Morgan fingerprint density at radius 2 is 0.800 bits per heavy atom. The predicted molar refractivity (Wildman–Crippen MR) is 48.4 cm³/mol. The molecule has 0 radical (unpaired) electrons. The maximum atomic E-state index is 8.26. The van der Waals surface area contributed by atoms with Crippen LogP contribution in [0.4, 0.5) is 0 Å². The second-order valence-electron chi connectivity index (χ2n) is 0. The Balaban J connectivity index is -0.00000000500. The molecule has 0 rings (SSSR count). The van der Waals surface area contributed by atoms with Crippen molar-refractivity contribution in [3.8, 4) is 0 Å². The monoisotopic (exact) mass is 422 g/mol. The van der Waals surface area contributed by atoms with Gasteiger partial charge in [0.1, 0.15) is 0 Å². The Morgan fingerprint density at radius 1 is 0.800 bits per heavy atom. The normalized spacial score (nSPS) is 2.20. The summed E-state index contributed by atoms with van der Waals surface area (Å²) in [6.07, 6.45) is 0. The van der Waals surface area contributed by atoms with E-state index in [1.54, 1.807) is 0 Å². The van der Waals surface area contributed by atoms with Gasteiger partial charge in [0.15, 0.2) is 0 Å². The summed E-state index contributed by atoms with van der Waals surface area (Å²) >= 11 is 16.1. The van der Waals surface area contributed by atoms with E-state index in [1.807, 2.05) is 0 Å². The third-order valence-corrected chi connectivity index (χ3v) is 0. The SMILES string of the molecule is [O]=[Mo+4].[O]=[Mo].[S-][S-].[S-][S-].[SH-].[SH-]. The Morgan fingerprint density at radius 3 is 0.800 bits per heavy atom. The molecule has 0 aliphatic rings. The van der Waals surface area contributed by atoms with Gasteiger partial charge in [0.25, 0.3) is 0 Å². The van der Waals surface area contributed by atoms with E-state index in [2.05, 4.69) is 46.6 Å². The first kappa shape index (κ1) is 38.1. The van der Waals surface area contributed by atoms with E-state index in [1.165, 1.54) is 0 Å². The summed E-state index contributed by atoms with van der Waals surface area (Å²) in [4.78, 5) is 0. The zero-order valence-corrected chi connectivity index (χ0v) is 13.2. The molecule has 0 heterocycles. The zero-order chi connectivity index (χ0) is 8.00. The van der Waals surface area contributed by atoms with Crippen LogP contribution in [0.15, 0.2) is 0 Å². The number of thiol groups is 2. The van der Waals surface area contributed by atoms with E-state index in [9.17, 15) is 0 Å². The fraction of sp³-hybridized carbons (Fsp3) is 0. The summed E-state index contributed by atoms with van der Waals surface area (Å²) in [6, 6.07) is 0. The van der Waals surface area contributed by atoms with E-state index in [0.717, 1.165) is 0 Å². The molecule has 0 aromatic rings. The van der Waals surface area contributed by atoms with Crippen LogP contribution in [0, 0.1) is 0 Å². The minimum atomic E-state index is 0. The summed E-state index contributed by atoms with van der Waals surface area (Å²) in [5.41, 5.74) is 0. The van der Waals surface area contributed by atoms with Gasteiger partial charge in [-0.15, -0.1) is 0 Å². The molecule has 0 atom stereocenters. The summed E-state index contributed by atoms with van der Waals surface area (Å²) < 4.78 is 16.5. The Labute approximate surface area is 118 Å². The minimum Gasteiger partial charge on any atom is -1.00 e. The van der Waals surface area contributed by atoms with Crippen molar-refractivity contribution < 1.29 is 46.3 Å². The van der Waals surface area contributed by atoms with Crippen LogP contribution in [0.5, 0.6) is 0 Å². The summed E-state index contributed by atoms with van der Waals surface area (Å²) in [6.45, 7) is 0. The smallest absolute Gasteiger partial charge is 0.813 e. The average molecular weight is 418 g/mol. The van der Waals surface area contributed by atoms with Crippen molar-refractivity contribution in [1.29, 1.82) is 0 Å². The van der Waals surface area contributed by atoms with Crippen molar-refractivity contribution in [2.45, 2.75) is 0 Å². The van der Waals surface area contributed by atoms with Crippen molar-refractivity contribution in [3.05, 3.63) is 0 Å².